The van der Waals surface area contributed by atoms with Crippen LogP contribution in [0.15, 0.2) is 35.0 Å². The van der Waals surface area contributed by atoms with Gasteiger partial charge in [0.1, 0.15) is 0 Å². The fraction of sp³-hybridized carbons (Fsp3) is 0.167. The normalized spacial score (nSPS) is 12.1. The Labute approximate surface area is 113 Å². The van der Waals surface area contributed by atoms with Gasteiger partial charge in [-0.05, 0) is 28.5 Å². The second-order valence-corrected chi connectivity index (χ2v) is 4.80. The van der Waals surface area contributed by atoms with Crippen molar-refractivity contribution in [1.29, 1.82) is 0 Å². The molecule has 19 heavy (non-hydrogen) atoms. The molecular formula is C12H13N3O3S. The lowest BCUT2D eigenvalue weighted by molar-refractivity contribution is -0.384. The number of nitro benzene ring substituents is 1. The maximum Gasteiger partial charge on any atom is 0.273 e. The molecule has 0 aliphatic carbocycles. The van der Waals surface area contributed by atoms with E-state index in [-0.39, 0.29) is 12.2 Å². The van der Waals surface area contributed by atoms with Crippen LogP contribution in [-0.4, -0.2) is 16.6 Å². The number of benzene rings is 1. The number of aliphatic hydroxyl groups is 1. The van der Waals surface area contributed by atoms with Gasteiger partial charge in [0.05, 0.1) is 11.0 Å². The molecule has 6 nitrogen and oxygen atoms in total. The van der Waals surface area contributed by atoms with Crippen molar-refractivity contribution in [3.8, 4) is 0 Å². The second kappa shape index (κ2) is 5.68. The van der Waals surface area contributed by atoms with Crippen LogP contribution in [0.5, 0.6) is 0 Å². The summed E-state index contributed by atoms with van der Waals surface area (Å²) < 4.78 is 0. The minimum Gasteiger partial charge on any atom is -0.398 e. The van der Waals surface area contributed by atoms with Gasteiger partial charge in [0.2, 0.25) is 0 Å². The van der Waals surface area contributed by atoms with E-state index >= 15 is 0 Å². The average Bonchev–Trinajstić information content (AvgIpc) is 2.89. The third kappa shape index (κ3) is 3.43. The van der Waals surface area contributed by atoms with Crippen molar-refractivity contribution in [1.82, 2.24) is 0 Å². The fourth-order valence-electron chi connectivity index (χ4n) is 1.64. The van der Waals surface area contributed by atoms with E-state index in [0.717, 1.165) is 5.56 Å². The molecule has 0 amide bonds. The monoisotopic (exact) mass is 279 g/mol. The Hall–Kier alpha value is -2.12. The molecule has 0 spiro atoms. The Morgan fingerprint density at radius 3 is 2.89 bits per heavy atom. The first-order chi connectivity index (χ1) is 9.06. The maximum absolute atomic E-state index is 10.7. The van der Waals surface area contributed by atoms with Crippen molar-refractivity contribution in [2.24, 2.45) is 0 Å². The summed E-state index contributed by atoms with van der Waals surface area (Å²) in [7, 11) is 0. The lowest BCUT2D eigenvalue weighted by Crippen LogP contribution is -2.11. The van der Waals surface area contributed by atoms with Crippen molar-refractivity contribution >= 4 is 28.4 Å². The summed E-state index contributed by atoms with van der Waals surface area (Å²) in [5, 5.41) is 27.3. The van der Waals surface area contributed by atoms with Crippen molar-refractivity contribution in [2.75, 3.05) is 17.6 Å². The predicted octanol–water partition coefficient (Wildman–Crippen LogP) is 2.38. The first kappa shape index (κ1) is 13.3. The van der Waals surface area contributed by atoms with Crippen LogP contribution in [0.4, 0.5) is 17.1 Å². The van der Waals surface area contributed by atoms with Crippen molar-refractivity contribution in [2.45, 2.75) is 6.10 Å². The van der Waals surface area contributed by atoms with E-state index in [1.165, 1.54) is 23.5 Å². The van der Waals surface area contributed by atoms with E-state index in [2.05, 4.69) is 5.32 Å². The quantitative estimate of drug-likeness (QED) is 0.443. The van der Waals surface area contributed by atoms with Gasteiger partial charge >= 0.3 is 0 Å². The molecule has 0 aliphatic heterocycles. The molecule has 0 radical (unpaired) electrons. The third-order valence-corrected chi connectivity index (χ3v) is 3.28. The van der Waals surface area contributed by atoms with Gasteiger partial charge in [-0.1, -0.05) is 0 Å². The number of nitrogens with one attached hydrogen (secondary N) is 1. The minimum atomic E-state index is -0.660. The number of anilines is 2. The number of nitrogens with two attached hydrogens (primary N) is 1. The Morgan fingerprint density at radius 2 is 2.26 bits per heavy atom. The molecule has 1 aromatic heterocycles. The van der Waals surface area contributed by atoms with Gasteiger partial charge in [-0.25, -0.2) is 0 Å². The highest BCUT2D eigenvalue weighted by molar-refractivity contribution is 7.07. The summed E-state index contributed by atoms with van der Waals surface area (Å²) in [4.78, 5) is 10.2. The van der Waals surface area contributed by atoms with Crippen LogP contribution in [0.25, 0.3) is 0 Å². The fourth-order valence-corrected chi connectivity index (χ4v) is 2.35. The Balaban J connectivity index is 2.05. The zero-order valence-corrected chi connectivity index (χ0v) is 10.8. The van der Waals surface area contributed by atoms with Crippen LogP contribution in [0.3, 0.4) is 0 Å². The molecule has 1 atom stereocenters. The number of hydrogen-bond acceptors (Lipinski definition) is 6. The van der Waals surface area contributed by atoms with Crippen LogP contribution < -0.4 is 11.1 Å². The Kier molecular flexibility index (Phi) is 3.98. The number of aliphatic hydroxyl groups excluding tert-OH is 1. The van der Waals surface area contributed by atoms with Gasteiger partial charge in [-0.2, -0.15) is 11.3 Å². The molecule has 0 saturated carbocycles. The first-order valence-corrected chi connectivity index (χ1v) is 6.49. The topological polar surface area (TPSA) is 101 Å². The minimum absolute atomic E-state index is 0.0764. The number of nitrogen functional groups attached to an aromatic ring is 1. The van der Waals surface area contributed by atoms with E-state index in [4.69, 9.17) is 5.73 Å². The Morgan fingerprint density at radius 1 is 1.47 bits per heavy atom. The highest BCUT2D eigenvalue weighted by Gasteiger charge is 2.11. The van der Waals surface area contributed by atoms with Gasteiger partial charge in [0.15, 0.2) is 0 Å². The highest BCUT2D eigenvalue weighted by atomic mass is 32.1. The van der Waals surface area contributed by atoms with E-state index in [1.807, 2.05) is 16.8 Å². The smallest absolute Gasteiger partial charge is 0.273 e. The summed E-state index contributed by atoms with van der Waals surface area (Å²) in [5.74, 6) is 0. The number of rotatable bonds is 5. The molecule has 1 aromatic carbocycles. The van der Waals surface area contributed by atoms with E-state index in [0.29, 0.717) is 11.4 Å². The number of non-ortho nitro benzene ring substituents is 1. The van der Waals surface area contributed by atoms with Gasteiger partial charge in [-0.3, -0.25) is 10.1 Å². The third-order valence-electron chi connectivity index (χ3n) is 2.58. The molecule has 0 aliphatic rings. The molecule has 100 valence electrons. The molecule has 4 N–H and O–H groups in total. The van der Waals surface area contributed by atoms with Crippen LogP contribution in [-0.2, 0) is 0 Å². The van der Waals surface area contributed by atoms with Gasteiger partial charge in [0.25, 0.3) is 5.69 Å². The van der Waals surface area contributed by atoms with Crippen molar-refractivity contribution in [3.63, 3.8) is 0 Å². The van der Waals surface area contributed by atoms with E-state index in [9.17, 15) is 15.2 Å². The molecule has 0 bridgehead atoms. The average molecular weight is 279 g/mol. The predicted molar refractivity (Wildman–Crippen MR) is 75.3 cm³/mol. The largest absolute Gasteiger partial charge is 0.398 e. The SMILES string of the molecule is Nc1cc(NCC(O)c2ccsc2)cc([N+](=O)[O-])c1. The molecule has 0 saturated heterocycles. The second-order valence-electron chi connectivity index (χ2n) is 4.02. The highest BCUT2D eigenvalue weighted by Crippen LogP contribution is 2.23. The molecule has 1 heterocycles. The summed E-state index contributed by atoms with van der Waals surface area (Å²) in [6, 6.07) is 6.10. The lowest BCUT2D eigenvalue weighted by atomic mass is 10.2. The number of hydrogen-bond donors (Lipinski definition) is 3. The number of nitro groups is 1. The zero-order chi connectivity index (χ0) is 13.8. The number of nitrogens with zero attached hydrogens (tertiary/aromatic N) is 1. The lowest BCUT2D eigenvalue weighted by Gasteiger charge is -2.12. The summed E-state index contributed by atoms with van der Waals surface area (Å²) in [6.07, 6.45) is -0.660. The molecular weight excluding hydrogens is 266 g/mol. The molecule has 2 rings (SSSR count). The van der Waals surface area contributed by atoms with Gasteiger partial charge in [0, 0.05) is 30.1 Å². The number of thiophene rings is 1. The van der Waals surface area contributed by atoms with E-state index < -0.39 is 11.0 Å². The van der Waals surface area contributed by atoms with Crippen LogP contribution >= 0.6 is 11.3 Å². The maximum atomic E-state index is 10.7. The molecule has 7 heteroatoms. The van der Waals surface area contributed by atoms with Crippen LogP contribution in [0, 0.1) is 10.1 Å². The van der Waals surface area contributed by atoms with Gasteiger partial charge in [-0.15, -0.1) is 0 Å². The zero-order valence-electron chi connectivity index (χ0n) is 9.95. The van der Waals surface area contributed by atoms with Crippen molar-refractivity contribution < 1.29 is 10.0 Å². The molecule has 1 unspecified atom stereocenters. The van der Waals surface area contributed by atoms with Gasteiger partial charge < -0.3 is 16.2 Å². The summed E-state index contributed by atoms with van der Waals surface area (Å²) in [5.41, 5.74) is 7.15. The van der Waals surface area contributed by atoms with Crippen LogP contribution in [0.2, 0.25) is 0 Å². The molecule has 2 aromatic rings. The summed E-state index contributed by atoms with van der Waals surface area (Å²) >= 11 is 1.50. The van der Waals surface area contributed by atoms with E-state index in [1.54, 1.807) is 6.07 Å². The standard InChI is InChI=1S/C12H13N3O3S/c13-9-3-10(5-11(4-9)15(17)18)14-6-12(16)8-1-2-19-7-8/h1-5,7,12,14,16H,6,13H2. The summed E-state index contributed by atoms with van der Waals surface area (Å²) in [6.45, 7) is 0.261. The Bertz CT molecular complexity index is 572. The van der Waals surface area contributed by atoms with Crippen LogP contribution in [0.1, 0.15) is 11.7 Å². The first-order valence-electron chi connectivity index (χ1n) is 5.55. The molecule has 0 fully saturated rings. The van der Waals surface area contributed by atoms with Crippen molar-refractivity contribution in [3.05, 3.63) is 50.7 Å².